The van der Waals surface area contributed by atoms with Crippen LogP contribution in [0.4, 0.5) is 5.82 Å². The number of rotatable bonds is 6. The second-order valence-electron chi connectivity index (χ2n) is 8.63. The van der Waals surface area contributed by atoms with Crippen LogP contribution in [0.25, 0.3) is 5.95 Å². The fourth-order valence-electron chi connectivity index (χ4n) is 3.41. The lowest BCUT2D eigenvalue weighted by molar-refractivity contribution is -0.120. The van der Waals surface area contributed by atoms with Gasteiger partial charge in [-0.15, -0.1) is 0 Å². The molecule has 0 saturated carbocycles. The predicted octanol–water partition coefficient (Wildman–Crippen LogP) is 2.35. The Labute approximate surface area is 178 Å². The van der Waals surface area contributed by atoms with Crippen LogP contribution in [0, 0.1) is 5.92 Å². The first kappa shape index (κ1) is 22.4. The molecule has 1 unspecified atom stereocenters. The highest BCUT2D eigenvalue weighted by atomic mass is 32.2. The molecule has 10 heteroatoms. The van der Waals surface area contributed by atoms with E-state index in [1.165, 1.54) is 8.99 Å². The summed E-state index contributed by atoms with van der Waals surface area (Å²) in [5.74, 6) is 0.310. The third kappa shape index (κ3) is 5.04. The minimum absolute atomic E-state index is 0.106. The van der Waals surface area contributed by atoms with E-state index in [4.69, 9.17) is 0 Å². The molecule has 0 bridgehead atoms. The number of piperidine rings is 1. The molecule has 30 heavy (non-hydrogen) atoms. The van der Waals surface area contributed by atoms with Crippen LogP contribution >= 0.6 is 0 Å². The molecule has 0 radical (unpaired) electrons. The van der Waals surface area contributed by atoms with Crippen LogP contribution < -0.4 is 5.32 Å². The Balaban J connectivity index is 1.83. The summed E-state index contributed by atoms with van der Waals surface area (Å²) in [4.78, 5) is 21.5. The Bertz CT molecular complexity index is 982. The van der Waals surface area contributed by atoms with Crippen LogP contribution in [0.2, 0.25) is 0 Å². The van der Waals surface area contributed by atoms with Gasteiger partial charge in [0.05, 0.1) is 17.4 Å². The van der Waals surface area contributed by atoms with Gasteiger partial charge in [0.15, 0.2) is 0 Å². The molecule has 1 aliphatic heterocycles. The SMILES string of the molecule is CCCS(=O)(=O)N1CCCC(C(=O)Nc2cc(C(C)(C)C)nn2-c2ncccn2)C1. The van der Waals surface area contributed by atoms with Crippen molar-refractivity contribution < 1.29 is 13.2 Å². The number of amides is 1. The quantitative estimate of drug-likeness (QED) is 0.747. The average Bonchev–Trinajstić information content (AvgIpc) is 3.13. The molecular weight excluding hydrogens is 404 g/mol. The summed E-state index contributed by atoms with van der Waals surface area (Å²) < 4.78 is 27.8. The molecule has 1 aliphatic rings. The van der Waals surface area contributed by atoms with Crippen LogP contribution in [0.15, 0.2) is 24.5 Å². The summed E-state index contributed by atoms with van der Waals surface area (Å²) in [6, 6.07) is 3.53. The zero-order valence-corrected chi connectivity index (χ0v) is 18.8. The van der Waals surface area contributed by atoms with Gasteiger partial charge in [0.2, 0.25) is 15.9 Å². The van der Waals surface area contributed by atoms with Gasteiger partial charge in [-0.25, -0.2) is 22.7 Å². The predicted molar refractivity (Wildman–Crippen MR) is 115 cm³/mol. The number of hydrogen-bond acceptors (Lipinski definition) is 6. The first-order chi connectivity index (χ1) is 14.1. The minimum Gasteiger partial charge on any atom is -0.310 e. The van der Waals surface area contributed by atoms with Crippen LogP contribution in [0.1, 0.15) is 52.7 Å². The van der Waals surface area contributed by atoms with E-state index in [9.17, 15) is 13.2 Å². The molecule has 3 rings (SSSR count). The topological polar surface area (TPSA) is 110 Å². The van der Waals surface area contributed by atoms with Gasteiger partial charge in [-0.2, -0.15) is 9.78 Å². The largest absolute Gasteiger partial charge is 0.310 e. The second-order valence-corrected chi connectivity index (χ2v) is 10.7. The lowest BCUT2D eigenvalue weighted by Crippen LogP contribution is -2.44. The maximum Gasteiger partial charge on any atom is 0.252 e. The maximum absolute atomic E-state index is 13.0. The Morgan fingerprint density at radius 2 is 1.97 bits per heavy atom. The second kappa shape index (κ2) is 8.81. The van der Waals surface area contributed by atoms with Crippen molar-refractivity contribution in [3.05, 3.63) is 30.2 Å². The summed E-state index contributed by atoms with van der Waals surface area (Å²) in [5.41, 5.74) is 0.566. The average molecular weight is 435 g/mol. The summed E-state index contributed by atoms with van der Waals surface area (Å²) in [7, 11) is -3.32. The number of nitrogens with one attached hydrogen (secondary N) is 1. The van der Waals surface area contributed by atoms with Gasteiger partial charge in [0.1, 0.15) is 5.82 Å². The molecule has 1 fully saturated rings. The van der Waals surface area contributed by atoms with Crippen LogP contribution in [-0.4, -0.2) is 57.2 Å². The van der Waals surface area contributed by atoms with Crippen molar-refractivity contribution in [1.29, 1.82) is 0 Å². The first-order valence-electron chi connectivity index (χ1n) is 10.3. The minimum atomic E-state index is -3.32. The van der Waals surface area contributed by atoms with Crippen molar-refractivity contribution in [2.45, 2.75) is 52.4 Å². The summed E-state index contributed by atoms with van der Waals surface area (Å²) >= 11 is 0. The maximum atomic E-state index is 13.0. The monoisotopic (exact) mass is 434 g/mol. The molecule has 1 amide bonds. The standard InChI is InChI=1S/C20H30N6O3S/c1-5-12-30(28,29)25-11-6-8-15(14-25)18(27)23-17-13-16(20(2,3)4)24-26(17)19-21-9-7-10-22-19/h7,9-10,13,15H,5-6,8,11-12,14H2,1-4H3,(H,23,27). The molecule has 2 aromatic heterocycles. The van der Waals surface area contributed by atoms with E-state index in [1.54, 1.807) is 18.5 Å². The van der Waals surface area contributed by atoms with Crippen molar-refractivity contribution in [2.75, 3.05) is 24.2 Å². The van der Waals surface area contributed by atoms with E-state index in [0.717, 1.165) is 5.69 Å². The van der Waals surface area contributed by atoms with Crippen LogP contribution in [-0.2, 0) is 20.2 Å². The number of sulfonamides is 1. The fourth-order valence-corrected chi connectivity index (χ4v) is 5.00. The third-order valence-electron chi connectivity index (χ3n) is 5.08. The number of carbonyl (C=O) groups is 1. The molecule has 9 nitrogen and oxygen atoms in total. The van der Waals surface area contributed by atoms with Gasteiger partial charge < -0.3 is 5.32 Å². The Morgan fingerprint density at radius 1 is 1.27 bits per heavy atom. The summed E-state index contributed by atoms with van der Waals surface area (Å²) in [6.07, 6.45) is 5.09. The summed E-state index contributed by atoms with van der Waals surface area (Å²) in [5, 5.41) is 7.53. The molecule has 1 atom stereocenters. The van der Waals surface area contributed by atoms with E-state index in [1.807, 2.05) is 33.8 Å². The first-order valence-corrected chi connectivity index (χ1v) is 11.9. The number of aromatic nitrogens is 4. The normalized spacial score (nSPS) is 18.3. The van der Waals surface area contributed by atoms with Crippen molar-refractivity contribution in [3.8, 4) is 5.95 Å². The van der Waals surface area contributed by atoms with Gasteiger partial charge in [-0.3, -0.25) is 4.79 Å². The summed E-state index contributed by atoms with van der Waals surface area (Å²) in [6.45, 7) is 8.62. The van der Waals surface area contributed by atoms with Gasteiger partial charge in [0, 0.05) is 37.0 Å². The van der Waals surface area contributed by atoms with Crippen molar-refractivity contribution in [3.63, 3.8) is 0 Å². The molecule has 0 aliphatic carbocycles. The van der Waals surface area contributed by atoms with Gasteiger partial charge >= 0.3 is 0 Å². The van der Waals surface area contributed by atoms with Crippen LogP contribution in [0.3, 0.4) is 0 Å². The van der Waals surface area contributed by atoms with Crippen LogP contribution in [0.5, 0.6) is 0 Å². The van der Waals surface area contributed by atoms with Gasteiger partial charge in [0.25, 0.3) is 5.95 Å². The molecule has 164 valence electrons. The molecule has 1 N–H and O–H groups in total. The van der Waals surface area contributed by atoms with Gasteiger partial charge in [-0.05, 0) is 25.3 Å². The van der Waals surface area contributed by atoms with Crippen molar-refractivity contribution in [1.82, 2.24) is 24.1 Å². The van der Waals surface area contributed by atoms with Crippen molar-refractivity contribution in [2.24, 2.45) is 5.92 Å². The smallest absolute Gasteiger partial charge is 0.252 e. The van der Waals surface area contributed by atoms with Gasteiger partial charge in [-0.1, -0.05) is 27.7 Å². The highest BCUT2D eigenvalue weighted by Gasteiger charge is 2.32. The molecule has 3 heterocycles. The van der Waals surface area contributed by atoms with E-state index >= 15 is 0 Å². The number of carbonyl (C=O) groups excluding carboxylic acids is 1. The Kier molecular flexibility index (Phi) is 6.56. The van der Waals surface area contributed by atoms with E-state index in [0.29, 0.717) is 37.6 Å². The van der Waals surface area contributed by atoms with Crippen molar-refractivity contribution >= 4 is 21.7 Å². The Hall–Kier alpha value is -2.33. The highest BCUT2D eigenvalue weighted by molar-refractivity contribution is 7.89. The van der Waals surface area contributed by atoms with E-state index in [-0.39, 0.29) is 23.6 Å². The zero-order chi connectivity index (χ0) is 21.9. The lowest BCUT2D eigenvalue weighted by atomic mass is 9.92. The lowest BCUT2D eigenvalue weighted by Gasteiger charge is -2.31. The highest BCUT2D eigenvalue weighted by Crippen LogP contribution is 2.27. The fraction of sp³-hybridized carbons (Fsp3) is 0.600. The number of hydrogen-bond donors (Lipinski definition) is 1. The number of anilines is 1. The molecule has 1 saturated heterocycles. The molecule has 0 spiro atoms. The Morgan fingerprint density at radius 3 is 2.60 bits per heavy atom. The molecule has 2 aromatic rings. The third-order valence-corrected chi connectivity index (χ3v) is 7.12. The molecular formula is C20H30N6O3S. The van der Waals surface area contributed by atoms with E-state index < -0.39 is 15.9 Å². The zero-order valence-electron chi connectivity index (χ0n) is 18.0. The number of nitrogens with zero attached hydrogens (tertiary/aromatic N) is 5. The molecule has 0 aromatic carbocycles. The van der Waals surface area contributed by atoms with E-state index in [2.05, 4.69) is 20.4 Å².